The lowest BCUT2D eigenvalue weighted by molar-refractivity contribution is -0.134. The molecule has 3 heterocycles. The number of nitrogens with zero attached hydrogens (tertiary/aromatic N) is 2. The van der Waals surface area contributed by atoms with Gasteiger partial charge in [-0.15, -0.1) is 0 Å². The number of carbonyl (C=O) groups is 2. The third-order valence-electron chi connectivity index (χ3n) is 5.80. The molecule has 0 saturated carbocycles. The number of aromatic carboxylic acids is 1. The van der Waals surface area contributed by atoms with Crippen LogP contribution in [0.1, 0.15) is 48.2 Å². The molecule has 0 spiro atoms. The van der Waals surface area contributed by atoms with E-state index in [1.54, 1.807) is 6.07 Å². The summed E-state index contributed by atoms with van der Waals surface area (Å²) in [6, 6.07) is 7.47. The summed E-state index contributed by atoms with van der Waals surface area (Å²) in [7, 11) is 0. The average Bonchev–Trinajstić information content (AvgIpc) is 3.09. The first kappa shape index (κ1) is 18.0. The minimum absolute atomic E-state index is 0.0183. The van der Waals surface area contributed by atoms with Crippen molar-refractivity contribution >= 4 is 22.8 Å². The molecule has 0 unspecified atom stereocenters. The Morgan fingerprint density at radius 2 is 1.96 bits per heavy atom. The smallest absolute Gasteiger partial charge is 0.371 e. The Morgan fingerprint density at radius 3 is 2.70 bits per heavy atom. The van der Waals surface area contributed by atoms with Crippen LogP contribution in [0.2, 0.25) is 0 Å². The van der Waals surface area contributed by atoms with Crippen LogP contribution in [0.4, 0.5) is 0 Å². The Labute approximate surface area is 158 Å². The summed E-state index contributed by atoms with van der Waals surface area (Å²) in [5.74, 6) is -0.118. The van der Waals surface area contributed by atoms with Gasteiger partial charge in [-0.05, 0) is 68.5 Å². The molecule has 6 nitrogen and oxygen atoms in total. The van der Waals surface area contributed by atoms with Crippen molar-refractivity contribution in [3.8, 4) is 0 Å². The van der Waals surface area contributed by atoms with E-state index in [4.69, 9.17) is 9.52 Å². The van der Waals surface area contributed by atoms with Crippen molar-refractivity contribution in [3.63, 3.8) is 0 Å². The van der Waals surface area contributed by atoms with E-state index in [9.17, 15) is 9.59 Å². The van der Waals surface area contributed by atoms with Gasteiger partial charge in [-0.1, -0.05) is 6.07 Å². The number of benzene rings is 1. The monoisotopic (exact) mass is 370 g/mol. The van der Waals surface area contributed by atoms with E-state index in [0.717, 1.165) is 70.2 Å². The topological polar surface area (TPSA) is 74.0 Å². The van der Waals surface area contributed by atoms with E-state index in [0.29, 0.717) is 17.4 Å². The van der Waals surface area contributed by atoms with Crippen molar-refractivity contribution in [2.45, 2.75) is 38.6 Å². The van der Waals surface area contributed by atoms with Crippen LogP contribution in [0.3, 0.4) is 0 Å². The maximum atomic E-state index is 12.0. The van der Waals surface area contributed by atoms with Gasteiger partial charge >= 0.3 is 5.97 Å². The number of fused-ring (bicyclic) bond motifs is 1. The zero-order chi connectivity index (χ0) is 18.8. The number of hydrogen-bond acceptors (Lipinski definition) is 4. The quantitative estimate of drug-likeness (QED) is 0.874. The number of carbonyl (C=O) groups excluding carboxylic acids is 1. The fourth-order valence-electron chi connectivity index (χ4n) is 4.25. The van der Waals surface area contributed by atoms with E-state index in [2.05, 4.69) is 9.80 Å². The van der Waals surface area contributed by atoms with E-state index < -0.39 is 5.97 Å². The zero-order valence-corrected chi connectivity index (χ0v) is 15.5. The number of carboxylic acid groups (broad SMARTS) is 1. The van der Waals surface area contributed by atoms with Crippen LogP contribution >= 0.6 is 0 Å². The number of likely N-dealkylation sites (tertiary alicyclic amines) is 2. The molecule has 1 amide bonds. The molecule has 4 rings (SSSR count). The lowest BCUT2D eigenvalue weighted by atomic mass is 9.95. The molecule has 2 aliphatic rings. The van der Waals surface area contributed by atoms with Gasteiger partial charge in [0.05, 0.1) is 0 Å². The maximum Gasteiger partial charge on any atom is 0.371 e. The number of piperidine rings is 2. The molecule has 2 fully saturated rings. The van der Waals surface area contributed by atoms with Gasteiger partial charge in [0.2, 0.25) is 11.7 Å². The number of hydrogen-bond donors (Lipinski definition) is 1. The van der Waals surface area contributed by atoms with Crippen molar-refractivity contribution < 1.29 is 19.1 Å². The Hall–Kier alpha value is -2.34. The van der Waals surface area contributed by atoms with Crippen LogP contribution < -0.4 is 0 Å². The molecular formula is C21H26N2O4. The highest BCUT2D eigenvalue weighted by Gasteiger charge is 2.25. The van der Waals surface area contributed by atoms with Gasteiger partial charge in [-0.25, -0.2) is 4.79 Å². The molecule has 144 valence electrons. The summed E-state index contributed by atoms with van der Waals surface area (Å²) in [5, 5.41) is 9.88. The standard InChI is InChI=1S/C21H26N2O4/c24-20-3-1-2-8-23(20)14-15-6-9-22(10-7-15)13-16-4-5-18-17(11-16)12-19(27-18)21(25)26/h4-5,11-12,15H,1-3,6-10,13-14H2,(H,25,26). The molecule has 0 bridgehead atoms. The molecule has 0 aliphatic carbocycles. The van der Waals surface area contributed by atoms with Gasteiger partial charge in [0.25, 0.3) is 0 Å². The number of carboxylic acids is 1. The normalized spacial score (nSPS) is 19.7. The van der Waals surface area contributed by atoms with E-state index in [1.165, 1.54) is 5.56 Å². The van der Waals surface area contributed by atoms with Gasteiger partial charge in [0.1, 0.15) is 5.58 Å². The van der Waals surface area contributed by atoms with Crippen LogP contribution in [-0.4, -0.2) is 53.0 Å². The number of amides is 1. The van der Waals surface area contributed by atoms with Crippen molar-refractivity contribution in [1.29, 1.82) is 0 Å². The largest absolute Gasteiger partial charge is 0.475 e. The van der Waals surface area contributed by atoms with Gasteiger partial charge < -0.3 is 14.4 Å². The third-order valence-corrected chi connectivity index (χ3v) is 5.80. The number of rotatable bonds is 5. The van der Waals surface area contributed by atoms with Crippen molar-refractivity contribution in [3.05, 3.63) is 35.6 Å². The van der Waals surface area contributed by atoms with Gasteiger partial charge in [-0.3, -0.25) is 9.69 Å². The van der Waals surface area contributed by atoms with Crippen LogP contribution in [0, 0.1) is 5.92 Å². The molecule has 2 aliphatic heterocycles. The summed E-state index contributed by atoms with van der Waals surface area (Å²) in [6.45, 7) is 4.79. The fraction of sp³-hybridized carbons (Fsp3) is 0.524. The van der Waals surface area contributed by atoms with Crippen LogP contribution in [-0.2, 0) is 11.3 Å². The van der Waals surface area contributed by atoms with Crippen molar-refractivity contribution in [2.75, 3.05) is 26.2 Å². The molecule has 1 aromatic carbocycles. The first-order chi connectivity index (χ1) is 13.1. The second kappa shape index (κ2) is 7.72. The Morgan fingerprint density at radius 1 is 1.15 bits per heavy atom. The van der Waals surface area contributed by atoms with E-state index in [1.807, 2.05) is 18.2 Å². The minimum atomic E-state index is -1.04. The summed E-state index contributed by atoms with van der Waals surface area (Å²) < 4.78 is 5.32. The molecule has 6 heteroatoms. The molecule has 27 heavy (non-hydrogen) atoms. The molecule has 2 aromatic rings. The van der Waals surface area contributed by atoms with Gasteiger partial charge in [0, 0.05) is 31.4 Å². The predicted octanol–water partition coefficient (Wildman–Crippen LogP) is 3.36. The summed E-state index contributed by atoms with van der Waals surface area (Å²) in [5.41, 5.74) is 1.78. The summed E-state index contributed by atoms with van der Waals surface area (Å²) in [6.07, 6.45) is 5.16. The SMILES string of the molecule is O=C(O)c1cc2cc(CN3CCC(CN4CCCCC4=O)CC3)ccc2o1. The molecule has 1 aromatic heterocycles. The number of furan rings is 1. The summed E-state index contributed by atoms with van der Waals surface area (Å²) in [4.78, 5) is 27.5. The van der Waals surface area contributed by atoms with Crippen LogP contribution in [0.5, 0.6) is 0 Å². The molecule has 0 radical (unpaired) electrons. The van der Waals surface area contributed by atoms with Crippen LogP contribution in [0.25, 0.3) is 11.0 Å². The predicted molar refractivity (Wildman–Crippen MR) is 102 cm³/mol. The highest BCUT2D eigenvalue weighted by atomic mass is 16.4. The average molecular weight is 370 g/mol. The Bertz CT molecular complexity index is 836. The lowest BCUT2D eigenvalue weighted by Crippen LogP contribution is -2.42. The first-order valence-corrected chi connectivity index (χ1v) is 9.84. The lowest BCUT2D eigenvalue weighted by Gasteiger charge is -2.36. The molecule has 0 atom stereocenters. The summed E-state index contributed by atoms with van der Waals surface area (Å²) >= 11 is 0. The fourth-order valence-corrected chi connectivity index (χ4v) is 4.25. The van der Waals surface area contributed by atoms with E-state index >= 15 is 0 Å². The maximum absolute atomic E-state index is 12.0. The third kappa shape index (κ3) is 4.16. The highest BCUT2D eigenvalue weighted by Crippen LogP contribution is 2.25. The molecule has 2 saturated heterocycles. The Kier molecular flexibility index (Phi) is 5.16. The first-order valence-electron chi connectivity index (χ1n) is 9.84. The van der Waals surface area contributed by atoms with Crippen LogP contribution in [0.15, 0.2) is 28.7 Å². The highest BCUT2D eigenvalue weighted by molar-refractivity contribution is 5.91. The minimum Gasteiger partial charge on any atom is -0.475 e. The van der Waals surface area contributed by atoms with Crippen molar-refractivity contribution in [1.82, 2.24) is 9.80 Å². The Balaban J connectivity index is 1.31. The second-order valence-corrected chi connectivity index (χ2v) is 7.80. The molecule has 1 N–H and O–H groups in total. The van der Waals surface area contributed by atoms with Crippen molar-refractivity contribution in [2.24, 2.45) is 5.92 Å². The second-order valence-electron chi connectivity index (χ2n) is 7.80. The molecular weight excluding hydrogens is 344 g/mol. The van der Waals surface area contributed by atoms with Gasteiger partial charge in [0.15, 0.2) is 0 Å². The zero-order valence-electron chi connectivity index (χ0n) is 15.5. The van der Waals surface area contributed by atoms with E-state index in [-0.39, 0.29) is 5.76 Å². The van der Waals surface area contributed by atoms with Gasteiger partial charge in [-0.2, -0.15) is 0 Å².